The maximum Gasteiger partial charge on any atom is 0.292 e. The summed E-state index contributed by atoms with van der Waals surface area (Å²) in [6, 6.07) is 9.94. The van der Waals surface area contributed by atoms with Crippen molar-refractivity contribution in [1.29, 1.82) is 0 Å². The maximum atomic E-state index is 12.7. The number of nitrogens with zero attached hydrogens (tertiary/aromatic N) is 2. The molecule has 6 nitrogen and oxygen atoms in total. The Kier molecular flexibility index (Phi) is 4.24. The Morgan fingerprint density at radius 1 is 1.21 bits per heavy atom. The molecule has 0 unspecified atom stereocenters. The van der Waals surface area contributed by atoms with Crippen LogP contribution in [0.2, 0.25) is 0 Å². The fourth-order valence-corrected chi connectivity index (χ4v) is 5.25. The summed E-state index contributed by atoms with van der Waals surface area (Å²) in [5.41, 5.74) is 1.72. The van der Waals surface area contributed by atoms with Gasteiger partial charge in [0.25, 0.3) is 5.91 Å². The third-order valence-corrected chi connectivity index (χ3v) is 7.03. The smallest absolute Gasteiger partial charge is 0.292 e. The molecule has 1 aromatic carbocycles. The molecule has 0 N–H and O–H groups in total. The zero-order chi connectivity index (χ0) is 20.2. The van der Waals surface area contributed by atoms with Gasteiger partial charge < -0.3 is 18.9 Å². The van der Waals surface area contributed by atoms with Gasteiger partial charge in [-0.05, 0) is 51.5 Å². The number of ether oxygens (including phenoxy) is 2. The minimum atomic E-state index is -0.281. The number of rotatable bonds is 1. The molecule has 1 amide bonds. The maximum absolute atomic E-state index is 12.7. The molecule has 2 aromatic rings. The van der Waals surface area contributed by atoms with Crippen LogP contribution < -0.4 is 4.74 Å². The molecule has 2 atom stereocenters. The zero-order valence-corrected chi connectivity index (χ0v) is 17.3. The summed E-state index contributed by atoms with van der Waals surface area (Å²) in [7, 11) is 0. The summed E-state index contributed by atoms with van der Waals surface area (Å²) in [6.45, 7) is 8.35. The van der Waals surface area contributed by atoms with Crippen molar-refractivity contribution in [2.24, 2.45) is 11.3 Å². The summed E-state index contributed by atoms with van der Waals surface area (Å²) in [5.74, 6) is 1.50. The van der Waals surface area contributed by atoms with Gasteiger partial charge in [-0.1, -0.05) is 23.4 Å². The number of carbonyl (C=O) groups is 1. The van der Waals surface area contributed by atoms with Gasteiger partial charge >= 0.3 is 0 Å². The number of carbonyl (C=O) groups excluding carboxylic acids is 1. The largest absolute Gasteiger partial charge is 0.487 e. The summed E-state index contributed by atoms with van der Waals surface area (Å²) >= 11 is 0. The normalized spacial score (nSPS) is 27.1. The monoisotopic (exact) mass is 396 g/mol. The number of aromatic nitrogens is 1. The van der Waals surface area contributed by atoms with Crippen LogP contribution in [-0.2, 0) is 4.74 Å². The number of fused-ring (bicyclic) bond motifs is 3. The molecule has 5 rings (SSSR count). The van der Waals surface area contributed by atoms with E-state index in [0.717, 1.165) is 50.4 Å². The molecule has 0 saturated carbocycles. The first-order valence-electron chi connectivity index (χ1n) is 10.5. The van der Waals surface area contributed by atoms with E-state index in [9.17, 15) is 4.79 Å². The average molecular weight is 396 g/mol. The Morgan fingerprint density at radius 2 is 1.97 bits per heavy atom. The minimum Gasteiger partial charge on any atom is -0.487 e. The fraction of sp³-hybridized carbons (Fsp3) is 0.565. The molecule has 29 heavy (non-hydrogen) atoms. The van der Waals surface area contributed by atoms with E-state index >= 15 is 0 Å². The summed E-state index contributed by atoms with van der Waals surface area (Å²) in [6.07, 6.45) is 3.01. The zero-order valence-electron chi connectivity index (χ0n) is 17.3. The van der Waals surface area contributed by atoms with Crippen molar-refractivity contribution in [3.8, 4) is 5.75 Å². The Morgan fingerprint density at radius 3 is 2.69 bits per heavy atom. The van der Waals surface area contributed by atoms with Gasteiger partial charge in [-0.2, -0.15) is 0 Å². The van der Waals surface area contributed by atoms with Crippen LogP contribution in [0.15, 0.2) is 34.9 Å². The number of piperidine rings is 1. The SMILES string of the molecule is Cc1cc(C(=O)N2CCC3(CC2)CO[C@@H]2c4ccccc4OC(C)(C)[C@H]2C3)on1. The molecule has 0 radical (unpaired) electrons. The van der Waals surface area contributed by atoms with E-state index in [-0.39, 0.29) is 23.0 Å². The highest BCUT2D eigenvalue weighted by Gasteiger charge is 2.52. The Balaban J connectivity index is 1.31. The van der Waals surface area contributed by atoms with Crippen LogP contribution in [0.5, 0.6) is 5.75 Å². The number of aryl methyl sites for hydroxylation is 1. The van der Waals surface area contributed by atoms with Crippen molar-refractivity contribution in [1.82, 2.24) is 10.1 Å². The van der Waals surface area contributed by atoms with Crippen LogP contribution in [-0.4, -0.2) is 41.3 Å². The van der Waals surface area contributed by atoms with Crippen LogP contribution >= 0.6 is 0 Å². The Labute approximate surface area is 171 Å². The van der Waals surface area contributed by atoms with E-state index in [4.69, 9.17) is 14.0 Å². The van der Waals surface area contributed by atoms with Crippen molar-refractivity contribution in [3.05, 3.63) is 47.3 Å². The second-order valence-corrected chi connectivity index (χ2v) is 9.41. The van der Waals surface area contributed by atoms with Gasteiger partial charge in [0.1, 0.15) is 11.4 Å². The first kappa shape index (κ1) is 18.7. The quantitative estimate of drug-likeness (QED) is 0.724. The lowest BCUT2D eigenvalue weighted by Gasteiger charge is -2.54. The van der Waals surface area contributed by atoms with Crippen LogP contribution in [0.25, 0.3) is 0 Å². The van der Waals surface area contributed by atoms with E-state index in [1.54, 1.807) is 6.07 Å². The second-order valence-electron chi connectivity index (χ2n) is 9.41. The third-order valence-electron chi connectivity index (χ3n) is 7.03. The molecule has 154 valence electrons. The van der Waals surface area contributed by atoms with Gasteiger partial charge in [-0.15, -0.1) is 0 Å². The van der Waals surface area contributed by atoms with E-state index in [1.807, 2.05) is 24.0 Å². The molecule has 1 spiro atoms. The molecule has 3 aliphatic rings. The fourth-order valence-electron chi connectivity index (χ4n) is 5.25. The minimum absolute atomic E-state index is 0.0645. The van der Waals surface area contributed by atoms with Crippen LogP contribution in [0.1, 0.15) is 61.0 Å². The van der Waals surface area contributed by atoms with Crippen molar-refractivity contribution >= 4 is 5.91 Å². The van der Waals surface area contributed by atoms with Gasteiger partial charge in [-0.25, -0.2) is 0 Å². The number of amides is 1. The van der Waals surface area contributed by atoms with E-state index in [2.05, 4.69) is 31.1 Å². The lowest BCUT2D eigenvalue weighted by atomic mass is 9.64. The standard InChI is InChI=1S/C23H28N2O4/c1-15-12-19(29-24-15)21(26)25-10-8-23(9-11-25)13-17-20(27-14-23)16-6-4-5-7-18(16)28-22(17,2)3/h4-7,12,17,20H,8-11,13-14H2,1-3H3/t17-,20+/m0/s1. The van der Waals surface area contributed by atoms with Crippen LogP contribution in [0.3, 0.4) is 0 Å². The number of hydrogen-bond donors (Lipinski definition) is 0. The lowest BCUT2D eigenvalue weighted by Crippen LogP contribution is -2.54. The molecule has 0 bridgehead atoms. The lowest BCUT2D eigenvalue weighted by molar-refractivity contribution is -0.173. The molecule has 3 aliphatic heterocycles. The van der Waals surface area contributed by atoms with Crippen LogP contribution in [0.4, 0.5) is 0 Å². The van der Waals surface area contributed by atoms with Crippen molar-refractivity contribution in [2.45, 2.75) is 51.7 Å². The van der Waals surface area contributed by atoms with Crippen molar-refractivity contribution < 1.29 is 18.8 Å². The average Bonchev–Trinajstić information content (AvgIpc) is 3.14. The molecular formula is C23H28N2O4. The highest BCUT2D eigenvalue weighted by molar-refractivity contribution is 5.91. The van der Waals surface area contributed by atoms with Crippen molar-refractivity contribution in [3.63, 3.8) is 0 Å². The highest BCUT2D eigenvalue weighted by atomic mass is 16.5. The number of likely N-dealkylation sites (tertiary alicyclic amines) is 1. The predicted octanol–water partition coefficient (Wildman–Crippen LogP) is 4.15. The van der Waals surface area contributed by atoms with Crippen LogP contribution in [0, 0.1) is 18.3 Å². The summed E-state index contributed by atoms with van der Waals surface area (Å²) in [5, 5.41) is 3.84. The third kappa shape index (κ3) is 3.14. The van der Waals surface area contributed by atoms with Gasteiger partial charge in [0.05, 0.1) is 18.4 Å². The van der Waals surface area contributed by atoms with Gasteiger partial charge in [0.15, 0.2) is 0 Å². The highest BCUT2D eigenvalue weighted by Crippen LogP contribution is 2.55. The molecule has 6 heteroatoms. The summed E-state index contributed by atoms with van der Waals surface area (Å²) < 4.78 is 18.1. The van der Waals surface area contributed by atoms with Crippen molar-refractivity contribution in [2.75, 3.05) is 19.7 Å². The molecule has 4 heterocycles. The second kappa shape index (κ2) is 6.59. The Bertz CT molecular complexity index is 926. The van der Waals surface area contributed by atoms with E-state index in [0.29, 0.717) is 11.7 Å². The predicted molar refractivity (Wildman–Crippen MR) is 107 cm³/mol. The van der Waals surface area contributed by atoms with Gasteiger partial charge in [0, 0.05) is 30.6 Å². The first-order valence-corrected chi connectivity index (χ1v) is 10.5. The van der Waals surface area contributed by atoms with Gasteiger partial charge in [-0.3, -0.25) is 4.79 Å². The topological polar surface area (TPSA) is 64.8 Å². The Hall–Kier alpha value is -2.34. The molecular weight excluding hydrogens is 368 g/mol. The molecule has 2 fully saturated rings. The molecule has 1 aromatic heterocycles. The first-order chi connectivity index (χ1) is 13.9. The number of hydrogen-bond acceptors (Lipinski definition) is 5. The summed E-state index contributed by atoms with van der Waals surface area (Å²) in [4.78, 5) is 14.6. The number of para-hydroxylation sites is 1. The van der Waals surface area contributed by atoms with Gasteiger partial charge in [0.2, 0.25) is 5.76 Å². The molecule has 2 saturated heterocycles. The molecule has 0 aliphatic carbocycles. The van der Waals surface area contributed by atoms with E-state index < -0.39 is 0 Å². The van der Waals surface area contributed by atoms with E-state index in [1.165, 1.54) is 5.56 Å². The number of benzene rings is 1.